The lowest BCUT2D eigenvalue weighted by Crippen LogP contribution is -2.42. The van der Waals surface area contributed by atoms with Crippen molar-refractivity contribution in [1.29, 1.82) is 10.5 Å². The minimum atomic E-state index is 0.681. The SMILES string of the molecule is C[N+](C)(CCCCCCOc1ccc(-c2ccc(C#N)cc2)cc1)CCCCC[N+](C)(C)CCCCCCOc1ccc(-c2ccc(C#N)cc2)cc1. The van der Waals surface area contributed by atoms with Gasteiger partial charge < -0.3 is 18.4 Å². The molecule has 6 heteroatoms. The molecule has 4 rings (SSSR count). The van der Waals surface area contributed by atoms with E-state index in [2.05, 4.69) is 64.6 Å². The summed E-state index contributed by atoms with van der Waals surface area (Å²) in [6.07, 6.45) is 13.6. The quantitative estimate of drug-likeness (QED) is 0.0535. The predicted octanol–water partition coefficient (Wildman–Crippen LogP) is 10.7. The summed E-state index contributed by atoms with van der Waals surface area (Å²) in [6, 6.07) is 36.2. The van der Waals surface area contributed by atoms with Gasteiger partial charge in [-0.25, -0.2) is 0 Å². The fraction of sp³-hybridized carbons (Fsp3) is 0.447. The molecule has 0 unspecified atom stereocenters. The van der Waals surface area contributed by atoms with Crippen LogP contribution in [0.1, 0.15) is 81.8 Å². The standard InChI is InChI=1S/C47H62N4O2/c1-50(2,32-10-5-7-14-36-52-46-28-24-44(25-29-46)42-20-16-40(38-48)17-21-42)34-12-9-13-35-51(3,4)33-11-6-8-15-37-53-47-30-26-45(27-31-47)43-22-18-41(39-49)19-23-43/h16-31H,5-15,32-37H2,1-4H3/q+2. The molecule has 0 aliphatic rings. The normalized spacial score (nSPS) is 11.5. The van der Waals surface area contributed by atoms with Crippen molar-refractivity contribution in [1.82, 2.24) is 0 Å². The lowest BCUT2D eigenvalue weighted by atomic mass is 10.0. The van der Waals surface area contributed by atoms with Gasteiger partial charge in [0, 0.05) is 0 Å². The van der Waals surface area contributed by atoms with Crippen molar-refractivity contribution in [3.63, 3.8) is 0 Å². The summed E-state index contributed by atoms with van der Waals surface area (Å²) in [5.74, 6) is 1.84. The molecule has 0 N–H and O–H groups in total. The van der Waals surface area contributed by atoms with Crippen molar-refractivity contribution in [2.24, 2.45) is 0 Å². The van der Waals surface area contributed by atoms with Crippen molar-refractivity contribution in [2.75, 3.05) is 67.6 Å². The minimum Gasteiger partial charge on any atom is -0.494 e. The maximum atomic E-state index is 9.00. The van der Waals surface area contributed by atoms with Gasteiger partial charge in [0.15, 0.2) is 0 Å². The van der Waals surface area contributed by atoms with Crippen molar-refractivity contribution in [2.45, 2.75) is 70.6 Å². The Morgan fingerprint density at radius 2 is 0.642 bits per heavy atom. The third kappa shape index (κ3) is 15.5. The Morgan fingerprint density at radius 1 is 0.377 bits per heavy atom. The maximum Gasteiger partial charge on any atom is 0.119 e. The van der Waals surface area contributed by atoms with Gasteiger partial charge in [-0.1, -0.05) is 48.5 Å². The van der Waals surface area contributed by atoms with Crippen LogP contribution in [-0.2, 0) is 0 Å². The summed E-state index contributed by atoms with van der Waals surface area (Å²) >= 11 is 0. The van der Waals surface area contributed by atoms with Crippen LogP contribution in [-0.4, -0.2) is 76.5 Å². The van der Waals surface area contributed by atoms with Crippen LogP contribution in [0.2, 0.25) is 0 Å². The Bertz CT molecular complexity index is 1570. The molecule has 0 aromatic heterocycles. The Kier molecular flexibility index (Phi) is 16.9. The highest BCUT2D eigenvalue weighted by atomic mass is 16.5. The van der Waals surface area contributed by atoms with E-state index < -0.39 is 0 Å². The summed E-state index contributed by atoms with van der Waals surface area (Å²) in [6.45, 7) is 6.54. The number of hydrogen-bond acceptors (Lipinski definition) is 4. The first kappa shape index (κ1) is 41.1. The van der Waals surface area contributed by atoms with Crippen LogP contribution in [0.3, 0.4) is 0 Å². The Labute approximate surface area is 320 Å². The second-order valence-electron chi connectivity index (χ2n) is 15.8. The number of rotatable bonds is 24. The lowest BCUT2D eigenvalue weighted by Gasteiger charge is -2.31. The molecule has 4 aromatic carbocycles. The summed E-state index contributed by atoms with van der Waals surface area (Å²) < 4.78 is 14.2. The van der Waals surface area contributed by atoms with E-state index in [1.165, 1.54) is 84.0 Å². The van der Waals surface area contributed by atoms with E-state index >= 15 is 0 Å². The summed E-state index contributed by atoms with van der Waals surface area (Å²) in [7, 11) is 9.57. The van der Waals surface area contributed by atoms with Crippen molar-refractivity contribution < 1.29 is 18.4 Å². The van der Waals surface area contributed by atoms with Gasteiger partial charge in [-0.3, -0.25) is 0 Å². The largest absolute Gasteiger partial charge is 0.494 e. The first-order valence-corrected chi connectivity index (χ1v) is 19.8. The van der Waals surface area contributed by atoms with Crippen molar-refractivity contribution in [3.8, 4) is 45.9 Å². The van der Waals surface area contributed by atoms with Gasteiger partial charge in [-0.15, -0.1) is 0 Å². The Balaban J connectivity index is 0.952. The Hall–Kier alpha value is -4.62. The number of benzene rings is 4. The van der Waals surface area contributed by atoms with Crippen LogP contribution in [0.4, 0.5) is 0 Å². The fourth-order valence-electron chi connectivity index (χ4n) is 6.81. The van der Waals surface area contributed by atoms with Gasteiger partial charge in [0.2, 0.25) is 0 Å². The Morgan fingerprint density at radius 3 is 0.943 bits per heavy atom. The summed E-state index contributed by atoms with van der Waals surface area (Å²) in [5.41, 5.74) is 5.85. The highest BCUT2D eigenvalue weighted by Gasteiger charge is 2.16. The van der Waals surface area contributed by atoms with Crippen molar-refractivity contribution >= 4 is 0 Å². The molecule has 280 valence electrons. The molecule has 0 saturated heterocycles. The molecule has 0 aliphatic carbocycles. The molecule has 0 fully saturated rings. The van der Waals surface area contributed by atoms with E-state index in [4.69, 9.17) is 20.0 Å². The third-order valence-corrected chi connectivity index (χ3v) is 10.3. The van der Waals surface area contributed by atoms with Crippen LogP contribution in [0.25, 0.3) is 22.3 Å². The molecule has 0 aliphatic heterocycles. The molecule has 0 heterocycles. The topological polar surface area (TPSA) is 66.0 Å². The zero-order chi connectivity index (χ0) is 37.8. The van der Waals surface area contributed by atoms with Crippen LogP contribution in [0, 0.1) is 22.7 Å². The summed E-state index contributed by atoms with van der Waals surface area (Å²) in [5, 5.41) is 18.0. The number of nitriles is 2. The maximum absolute atomic E-state index is 9.00. The minimum absolute atomic E-state index is 0.681. The second kappa shape index (κ2) is 21.8. The van der Waals surface area contributed by atoms with E-state index in [0.29, 0.717) is 11.1 Å². The number of hydrogen-bond donors (Lipinski definition) is 0. The van der Waals surface area contributed by atoms with Gasteiger partial charge >= 0.3 is 0 Å². The van der Waals surface area contributed by atoms with Crippen molar-refractivity contribution in [3.05, 3.63) is 108 Å². The molecule has 0 spiro atoms. The van der Waals surface area contributed by atoms with Crippen LogP contribution >= 0.6 is 0 Å². The van der Waals surface area contributed by atoms with E-state index in [9.17, 15) is 0 Å². The van der Waals surface area contributed by atoms with Gasteiger partial charge in [-0.2, -0.15) is 10.5 Å². The van der Waals surface area contributed by atoms with E-state index in [0.717, 1.165) is 68.8 Å². The van der Waals surface area contributed by atoms with Crippen LogP contribution in [0.15, 0.2) is 97.1 Å². The van der Waals surface area contributed by atoms with E-state index in [1.807, 2.05) is 72.8 Å². The first-order chi connectivity index (χ1) is 25.7. The molecule has 0 radical (unpaired) electrons. The zero-order valence-corrected chi connectivity index (χ0v) is 32.9. The second-order valence-corrected chi connectivity index (χ2v) is 15.8. The monoisotopic (exact) mass is 714 g/mol. The predicted molar refractivity (Wildman–Crippen MR) is 219 cm³/mol. The number of quaternary nitrogens is 2. The number of ether oxygens (including phenoxy) is 2. The molecule has 0 saturated carbocycles. The van der Waals surface area contributed by atoms with Gasteiger partial charge in [0.1, 0.15) is 11.5 Å². The molecular weight excluding hydrogens is 653 g/mol. The van der Waals surface area contributed by atoms with Gasteiger partial charge in [0.25, 0.3) is 0 Å². The van der Waals surface area contributed by atoms with Gasteiger partial charge in [0.05, 0.1) is 90.8 Å². The lowest BCUT2D eigenvalue weighted by molar-refractivity contribution is -0.892. The zero-order valence-electron chi connectivity index (χ0n) is 32.9. The fourth-order valence-corrected chi connectivity index (χ4v) is 6.81. The first-order valence-electron chi connectivity index (χ1n) is 19.8. The van der Waals surface area contributed by atoms with Crippen LogP contribution in [0.5, 0.6) is 11.5 Å². The molecule has 6 nitrogen and oxygen atoms in total. The number of unbranched alkanes of at least 4 members (excludes halogenated alkanes) is 8. The molecule has 53 heavy (non-hydrogen) atoms. The van der Waals surface area contributed by atoms with Gasteiger partial charge in [-0.05, 0) is 141 Å². The number of nitrogens with zero attached hydrogens (tertiary/aromatic N) is 4. The highest BCUT2D eigenvalue weighted by molar-refractivity contribution is 5.65. The highest BCUT2D eigenvalue weighted by Crippen LogP contribution is 2.24. The molecule has 0 amide bonds. The average Bonchev–Trinajstić information content (AvgIpc) is 3.17. The summed E-state index contributed by atoms with van der Waals surface area (Å²) in [4.78, 5) is 0. The smallest absolute Gasteiger partial charge is 0.119 e. The molecular formula is C47H62N4O2+2. The van der Waals surface area contributed by atoms with Crippen LogP contribution < -0.4 is 9.47 Å². The molecule has 4 aromatic rings. The van der Waals surface area contributed by atoms with E-state index in [-0.39, 0.29) is 0 Å². The molecule has 0 atom stereocenters. The molecule has 0 bridgehead atoms. The third-order valence-electron chi connectivity index (χ3n) is 10.3. The van der Waals surface area contributed by atoms with E-state index in [1.54, 1.807) is 0 Å². The average molecular weight is 715 g/mol.